The molecule has 21 heavy (non-hydrogen) atoms. The standard InChI is InChI=1S/C18H22BrNO/c1-3-20-12-18(16-9-7-14(2)8-10-16)21-13-15-5-4-6-17(19)11-15/h4-11,18,20H,3,12-13H2,1-2H3. The van der Waals surface area contributed by atoms with Crippen molar-refractivity contribution in [3.05, 3.63) is 69.7 Å². The molecule has 1 N–H and O–H groups in total. The Bertz CT molecular complexity index is 553. The maximum absolute atomic E-state index is 6.13. The third kappa shape index (κ3) is 5.27. The van der Waals surface area contributed by atoms with Gasteiger partial charge in [-0.05, 0) is 36.7 Å². The van der Waals surface area contributed by atoms with Gasteiger partial charge in [0.1, 0.15) is 0 Å². The highest BCUT2D eigenvalue weighted by molar-refractivity contribution is 9.10. The quantitative estimate of drug-likeness (QED) is 0.788. The van der Waals surface area contributed by atoms with E-state index in [0.29, 0.717) is 6.61 Å². The van der Waals surface area contributed by atoms with Gasteiger partial charge in [0, 0.05) is 11.0 Å². The van der Waals surface area contributed by atoms with Crippen molar-refractivity contribution in [3.63, 3.8) is 0 Å². The minimum absolute atomic E-state index is 0.0736. The number of hydrogen-bond donors (Lipinski definition) is 1. The van der Waals surface area contributed by atoms with Gasteiger partial charge in [-0.1, -0.05) is 64.8 Å². The molecule has 3 heteroatoms. The fraction of sp³-hybridized carbons (Fsp3) is 0.333. The van der Waals surface area contributed by atoms with E-state index in [9.17, 15) is 0 Å². The number of benzene rings is 2. The van der Waals surface area contributed by atoms with Gasteiger partial charge in [-0.2, -0.15) is 0 Å². The molecule has 0 bridgehead atoms. The average molecular weight is 348 g/mol. The van der Waals surface area contributed by atoms with Gasteiger partial charge in [0.25, 0.3) is 0 Å². The van der Waals surface area contributed by atoms with Crippen LogP contribution in [0, 0.1) is 6.92 Å². The Balaban J connectivity index is 2.04. The average Bonchev–Trinajstić information content (AvgIpc) is 2.49. The molecule has 0 heterocycles. The van der Waals surface area contributed by atoms with Crippen molar-refractivity contribution in [1.29, 1.82) is 0 Å². The first-order chi connectivity index (χ1) is 10.2. The number of ether oxygens (including phenoxy) is 1. The molecule has 0 radical (unpaired) electrons. The van der Waals surface area contributed by atoms with Crippen LogP contribution in [0.15, 0.2) is 53.0 Å². The predicted molar refractivity (Wildman–Crippen MR) is 91.4 cm³/mol. The van der Waals surface area contributed by atoms with Crippen LogP contribution in [0.5, 0.6) is 0 Å². The minimum atomic E-state index is 0.0736. The molecule has 0 fully saturated rings. The zero-order chi connectivity index (χ0) is 15.1. The summed E-state index contributed by atoms with van der Waals surface area (Å²) in [6.45, 7) is 6.60. The molecule has 112 valence electrons. The highest BCUT2D eigenvalue weighted by Gasteiger charge is 2.11. The number of hydrogen-bond acceptors (Lipinski definition) is 2. The lowest BCUT2D eigenvalue weighted by Crippen LogP contribution is -2.23. The van der Waals surface area contributed by atoms with Gasteiger partial charge in [0.15, 0.2) is 0 Å². The maximum Gasteiger partial charge on any atom is 0.0953 e. The summed E-state index contributed by atoms with van der Waals surface area (Å²) in [4.78, 5) is 0. The van der Waals surface area contributed by atoms with Gasteiger partial charge < -0.3 is 10.1 Å². The third-order valence-electron chi connectivity index (χ3n) is 3.37. The van der Waals surface area contributed by atoms with E-state index >= 15 is 0 Å². The van der Waals surface area contributed by atoms with Gasteiger partial charge >= 0.3 is 0 Å². The van der Waals surface area contributed by atoms with Crippen LogP contribution in [-0.2, 0) is 11.3 Å². The van der Waals surface area contributed by atoms with Crippen molar-refractivity contribution in [3.8, 4) is 0 Å². The van der Waals surface area contributed by atoms with Gasteiger partial charge in [0.2, 0.25) is 0 Å². The van der Waals surface area contributed by atoms with E-state index in [1.807, 2.05) is 12.1 Å². The Morgan fingerprint density at radius 1 is 1.14 bits per heavy atom. The molecule has 1 unspecified atom stereocenters. The van der Waals surface area contributed by atoms with Gasteiger partial charge in [0.05, 0.1) is 12.7 Å². The molecule has 2 aromatic rings. The molecular weight excluding hydrogens is 326 g/mol. The fourth-order valence-corrected chi connectivity index (χ4v) is 2.60. The largest absolute Gasteiger partial charge is 0.368 e. The first-order valence-corrected chi connectivity index (χ1v) is 8.11. The lowest BCUT2D eigenvalue weighted by atomic mass is 10.1. The summed E-state index contributed by atoms with van der Waals surface area (Å²) in [6.07, 6.45) is 0.0736. The maximum atomic E-state index is 6.13. The van der Waals surface area contributed by atoms with Crippen molar-refractivity contribution in [2.45, 2.75) is 26.6 Å². The minimum Gasteiger partial charge on any atom is -0.368 e. The topological polar surface area (TPSA) is 21.3 Å². The van der Waals surface area contributed by atoms with E-state index in [0.717, 1.165) is 17.6 Å². The lowest BCUT2D eigenvalue weighted by Gasteiger charge is -2.19. The van der Waals surface area contributed by atoms with Crippen LogP contribution in [0.4, 0.5) is 0 Å². The summed E-state index contributed by atoms with van der Waals surface area (Å²) < 4.78 is 7.21. The molecule has 0 aliphatic carbocycles. The van der Waals surface area contributed by atoms with E-state index in [2.05, 4.69) is 71.5 Å². The monoisotopic (exact) mass is 347 g/mol. The fourth-order valence-electron chi connectivity index (χ4n) is 2.15. The zero-order valence-electron chi connectivity index (χ0n) is 12.6. The number of rotatable bonds is 7. The zero-order valence-corrected chi connectivity index (χ0v) is 14.2. The summed E-state index contributed by atoms with van der Waals surface area (Å²) in [5.41, 5.74) is 3.67. The molecule has 0 aromatic heterocycles. The Labute approximate surface area is 135 Å². The van der Waals surface area contributed by atoms with Gasteiger partial charge in [-0.25, -0.2) is 0 Å². The van der Waals surface area contributed by atoms with Gasteiger partial charge in [-0.3, -0.25) is 0 Å². The number of halogens is 1. The summed E-state index contributed by atoms with van der Waals surface area (Å²) in [5, 5.41) is 3.37. The predicted octanol–water partition coefficient (Wildman–Crippen LogP) is 4.62. The number of aryl methyl sites for hydroxylation is 1. The summed E-state index contributed by atoms with van der Waals surface area (Å²) in [6, 6.07) is 16.8. The molecule has 0 aliphatic rings. The van der Waals surface area contributed by atoms with E-state index in [1.165, 1.54) is 16.7 Å². The molecule has 0 saturated heterocycles. The highest BCUT2D eigenvalue weighted by Crippen LogP contribution is 2.20. The molecule has 1 atom stereocenters. The van der Waals surface area contributed by atoms with Crippen molar-refractivity contribution < 1.29 is 4.74 Å². The van der Waals surface area contributed by atoms with E-state index in [-0.39, 0.29) is 6.10 Å². The molecular formula is C18H22BrNO. The molecule has 2 rings (SSSR count). The van der Waals surface area contributed by atoms with E-state index in [1.54, 1.807) is 0 Å². The molecule has 0 spiro atoms. The summed E-state index contributed by atoms with van der Waals surface area (Å²) >= 11 is 3.50. The van der Waals surface area contributed by atoms with Crippen LogP contribution < -0.4 is 5.32 Å². The lowest BCUT2D eigenvalue weighted by molar-refractivity contribution is 0.0401. The molecule has 2 aromatic carbocycles. The van der Waals surface area contributed by atoms with E-state index in [4.69, 9.17) is 4.74 Å². The van der Waals surface area contributed by atoms with Crippen molar-refractivity contribution in [1.82, 2.24) is 5.32 Å². The summed E-state index contributed by atoms with van der Waals surface area (Å²) in [7, 11) is 0. The highest BCUT2D eigenvalue weighted by atomic mass is 79.9. The smallest absolute Gasteiger partial charge is 0.0953 e. The van der Waals surface area contributed by atoms with Gasteiger partial charge in [-0.15, -0.1) is 0 Å². The second-order valence-electron chi connectivity index (χ2n) is 5.15. The second-order valence-corrected chi connectivity index (χ2v) is 6.06. The number of nitrogens with one attached hydrogen (secondary N) is 1. The first-order valence-electron chi connectivity index (χ1n) is 7.32. The Morgan fingerprint density at radius 3 is 2.57 bits per heavy atom. The van der Waals surface area contributed by atoms with Crippen LogP contribution in [0.2, 0.25) is 0 Å². The van der Waals surface area contributed by atoms with Crippen molar-refractivity contribution in [2.24, 2.45) is 0 Å². The van der Waals surface area contributed by atoms with Crippen LogP contribution in [-0.4, -0.2) is 13.1 Å². The molecule has 0 saturated carbocycles. The second kappa shape index (κ2) is 8.32. The Hall–Kier alpha value is -1.16. The third-order valence-corrected chi connectivity index (χ3v) is 3.86. The molecule has 0 aliphatic heterocycles. The molecule has 0 amide bonds. The summed E-state index contributed by atoms with van der Waals surface area (Å²) in [5.74, 6) is 0. The van der Waals surface area contributed by atoms with Crippen molar-refractivity contribution in [2.75, 3.05) is 13.1 Å². The first kappa shape index (κ1) is 16.2. The normalized spacial score (nSPS) is 12.3. The van der Waals surface area contributed by atoms with Crippen LogP contribution >= 0.6 is 15.9 Å². The van der Waals surface area contributed by atoms with Crippen LogP contribution in [0.25, 0.3) is 0 Å². The van der Waals surface area contributed by atoms with Crippen molar-refractivity contribution >= 4 is 15.9 Å². The molecule has 2 nitrogen and oxygen atoms in total. The van der Waals surface area contributed by atoms with E-state index < -0.39 is 0 Å². The Morgan fingerprint density at radius 2 is 1.90 bits per heavy atom. The SMILES string of the molecule is CCNCC(OCc1cccc(Br)c1)c1ccc(C)cc1. The Kier molecular flexibility index (Phi) is 6.43. The van der Waals surface area contributed by atoms with Crippen LogP contribution in [0.3, 0.4) is 0 Å². The number of likely N-dealkylation sites (N-methyl/N-ethyl adjacent to an activating group) is 1. The van der Waals surface area contributed by atoms with Crippen LogP contribution in [0.1, 0.15) is 29.7 Å².